The second-order valence-corrected chi connectivity index (χ2v) is 5.36. The maximum atomic E-state index is 12.5. The molecule has 2 atom stereocenters. The van der Waals surface area contributed by atoms with Gasteiger partial charge in [0.1, 0.15) is 0 Å². The Morgan fingerprint density at radius 2 is 1.95 bits per heavy atom. The van der Waals surface area contributed by atoms with Gasteiger partial charge in [0.2, 0.25) is 5.91 Å². The van der Waals surface area contributed by atoms with Crippen molar-refractivity contribution in [3.63, 3.8) is 0 Å². The van der Waals surface area contributed by atoms with Crippen LogP contribution < -0.4 is 5.32 Å². The molecule has 0 aliphatic rings. The number of nitrogens with one attached hydrogen (secondary N) is 1. The van der Waals surface area contributed by atoms with Gasteiger partial charge in [-0.1, -0.05) is 50.3 Å². The van der Waals surface area contributed by atoms with E-state index in [0.717, 1.165) is 5.56 Å². The minimum absolute atomic E-state index is 0.0472. The maximum absolute atomic E-state index is 12.5. The molecule has 0 heterocycles. The number of carbonyl (C=O) groups is 2. The fourth-order valence-electron chi connectivity index (χ4n) is 2.20. The molecule has 1 amide bonds. The molecule has 0 saturated carbocycles. The summed E-state index contributed by atoms with van der Waals surface area (Å²) in [5, 5.41) is 11.7. The minimum Gasteiger partial charge on any atom is -0.480 e. The first-order valence-corrected chi connectivity index (χ1v) is 7.24. The van der Waals surface area contributed by atoms with Gasteiger partial charge >= 0.3 is 5.97 Å². The highest BCUT2D eigenvalue weighted by Gasteiger charge is 2.28. The fraction of sp³-hybridized carbons (Fsp3) is 0.412. The van der Waals surface area contributed by atoms with E-state index in [0.29, 0.717) is 0 Å². The van der Waals surface area contributed by atoms with E-state index >= 15 is 0 Å². The molecule has 0 radical (unpaired) electrons. The zero-order valence-electron chi connectivity index (χ0n) is 13.0. The van der Waals surface area contributed by atoms with Crippen molar-refractivity contribution in [2.75, 3.05) is 13.2 Å². The van der Waals surface area contributed by atoms with E-state index in [4.69, 9.17) is 4.74 Å². The summed E-state index contributed by atoms with van der Waals surface area (Å²) in [6, 6.07) is 8.27. The number of carbonyl (C=O) groups excluding carboxylic acids is 1. The monoisotopic (exact) mass is 305 g/mol. The molecular weight excluding hydrogens is 282 g/mol. The van der Waals surface area contributed by atoms with Gasteiger partial charge in [-0.2, -0.15) is 0 Å². The van der Waals surface area contributed by atoms with Crippen LogP contribution in [0.25, 0.3) is 0 Å². The molecular formula is C17H23NO4. The third kappa shape index (κ3) is 5.33. The third-order valence-electron chi connectivity index (χ3n) is 3.24. The summed E-state index contributed by atoms with van der Waals surface area (Å²) >= 11 is 0. The highest BCUT2D eigenvalue weighted by atomic mass is 16.5. The Labute approximate surface area is 131 Å². The summed E-state index contributed by atoms with van der Waals surface area (Å²) in [4.78, 5) is 23.7. The van der Waals surface area contributed by atoms with Crippen molar-refractivity contribution in [3.05, 3.63) is 48.6 Å². The van der Waals surface area contributed by atoms with Gasteiger partial charge in [0.15, 0.2) is 6.04 Å². The van der Waals surface area contributed by atoms with Gasteiger partial charge in [0, 0.05) is 0 Å². The molecule has 5 nitrogen and oxygen atoms in total. The molecule has 1 aromatic rings. The predicted molar refractivity (Wildman–Crippen MR) is 84.6 cm³/mol. The average Bonchev–Trinajstić information content (AvgIpc) is 2.47. The molecule has 5 heteroatoms. The summed E-state index contributed by atoms with van der Waals surface area (Å²) in [7, 11) is 0. The Balaban J connectivity index is 2.81. The van der Waals surface area contributed by atoms with E-state index in [9.17, 15) is 14.7 Å². The van der Waals surface area contributed by atoms with Crippen LogP contribution in [0.5, 0.6) is 0 Å². The zero-order chi connectivity index (χ0) is 16.5. The predicted octanol–water partition coefficient (Wildman–Crippen LogP) is 2.20. The Kier molecular flexibility index (Phi) is 7.32. The summed E-state index contributed by atoms with van der Waals surface area (Å²) < 4.78 is 5.14. The molecule has 1 rings (SSSR count). The van der Waals surface area contributed by atoms with Crippen LogP contribution in [0.2, 0.25) is 0 Å². The number of carboxylic acids is 1. The number of rotatable bonds is 9. The standard InChI is InChI=1S/C17H23NO4/c1-4-10-22-11-14(17(20)21)18-16(19)15(12(2)3)13-8-6-5-7-9-13/h4-9,12,14-15H,1,10-11H2,2-3H3,(H,18,19)(H,20,21). The Morgan fingerprint density at radius 1 is 1.32 bits per heavy atom. The lowest BCUT2D eigenvalue weighted by molar-refractivity contribution is -0.143. The maximum Gasteiger partial charge on any atom is 0.328 e. The highest BCUT2D eigenvalue weighted by molar-refractivity contribution is 5.88. The van der Waals surface area contributed by atoms with Crippen LogP contribution in [0.4, 0.5) is 0 Å². The minimum atomic E-state index is -1.12. The van der Waals surface area contributed by atoms with E-state index in [1.807, 2.05) is 44.2 Å². The lowest BCUT2D eigenvalue weighted by Crippen LogP contribution is -2.46. The molecule has 120 valence electrons. The van der Waals surface area contributed by atoms with E-state index in [1.54, 1.807) is 0 Å². The SMILES string of the molecule is C=CCOCC(NC(=O)C(c1ccccc1)C(C)C)C(=O)O. The first kappa shape index (κ1) is 17.9. The fourth-order valence-corrected chi connectivity index (χ4v) is 2.20. The zero-order valence-corrected chi connectivity index (χ0v) is 13.0. The van der Waals surface area contributed by atoms with E-state index in [1.165, 1.54) is 6.08 Å². The van der Waals surface area contributed by atoms with Gasteiger partial charge in [0.05, 0.1) is 19.1 Å². The van der Waals surface area contributed by atoms with E-state index in [-0.39, 0.29) is 25.0 Å². The van der Waals surface area contributed by atoms with Crippen LogP contribution in [-0.2, 0) is 14.3 Å². The molecule has 1 aromatic carbocycles. The number of carboxylic acid groups (broad SMARTS) is 1. The lowest BCUT2D eigenvalue weighted by Gasteiger charge is -2.23. The topological polar surface area (TPSA) is 75.6 Å². The molecule has 0 aliphatic heterocycles. The van der Waals surface area contributed by atoms with E-state index < -0.39 is 17.9 Å². The van der Waals surface area contributed by atoms with Crippen LogP contribution in [0.3, 0.4) is 0 Å². The molecule has 2 N–H and O–H groups in total. The lowest BCUT2D eigenvalue weighted by atomic mass is 9.87. The molecule has 0 aliphatic carbocycles. The first-order valence-electron chi connectivity index (χ1n) is 7.24. The number of ether oxygens (including phenoxy) is 1. The number of aliphatic carboxylic acids is 1. The van der Waals surface area contributed by atoms with Gasteiger partial charge < -0.3 is 15.2 Å². The molecule has 0 fully saturated rings. The average molecular weight is 305 g/mol. The van der Waals surface area contributed by atoms with Gasteiger partial charge in [-0.15, -0.1) is 6.58 Å². The van der Waals surface area contributed by atoms with Crippen molar-refractivity contribution in [1.82, 2.24) is 5.32 Å². The normalized spacial score (nSPS) is 13.4. The van der Waals surface area contributed by atoms with Crippen molar-refractivity contribution in [2.24, 2.45) is 5.92 Å². The van der Waals surface area contributed by atoms with Crippen molar-refractivity contribution < 1.29 is 19.4 Å². The van der Waals surface area contributed by atoms with Crippen LogP contribution in [0.1, 0.15) is 25.3 Å². The molecule has 0 bridgehead atoms. The summed E-state index contributed by atoms with van der Waals surface area (Å²) in [5.41, 5.74) is 0.867. The van der Waals surface area contributed by atoms with Crippen LogP contribution in [0, 0.1) is 5.92 Å². The largest absolute Gasteiger partial charge is 0.480 e. The smallest absolute Gasteiger partial charge is 0.328 e. The van der Waals surface area contributed by atoms with Crippen molar-refractivity contribution in [1.29, 1.82) is 0 Å². The van der Waals surface area contributed by atoms with E-state index in [2.05, 4.69) is 11.9 Å². The summed E-state index contributed by atoms with van der Waals surface area (Å²) in [6.45, 7) is 7.51. The van der Waals surface area contributed by atoms with Gasteiger partial charge in [-0.05, 0) is 11.5 Å². The molecule has 0 spiro atoms. The van der Waals surface area contributed by atoms with Crippen LogP contribution >= 0.6 is 0 Å². The van der Waals surface area contributed by atoms with Crippen LogP contribution in [-0.4, -0.2) is 36.2 Å². The van der Waals surface area contributed by atoms with Crippen molar-refractivity contribution >= 4 is 11.9 Å². The van der Waals surface area contributed by atoms with Crippen molar-refractivity contribution in [2.45, 2.75) is 25.8 Å². The number of benzene rings is 1. The Bertz CT molecular complexity index is 499. The number of hydrogen-bond donors (Lipinski definition) is 2. The quantitative estimate of drug-likeness (QED) is 0.542. The van der Waals surface area contributed by atoms with Gasteiger partial charge in [0.25, 0.3) is 0 Å². The second kappa shape index (κ2) is 9.00. The Hall–Kier alpha value is -2.14. The van der Waals surface area contributed by atoms with Gasteiger partial charge in [-0.3, -0.25) is 4.79 Å². The van der Waals surface area contributed by atoms with Crippen molar-refractivity contribution in [3.8, 4) is 0 Å². The molecule has 0 saturated heterocycles. The van der Waals surface area contributed by atoms with Gasteiger partial charge in [-0.25, -0.2) is 4.79 Å². The summed E-state index contributed by atoms with van der Waals surface area (Å²) in [5.74, 6) is -1.78. The molecule has 22 heavy (non-hydrogen) atoms. The number of hydrogen-bond acceptors (Lipinski definition) is 3. The molecule has 0 aromatic heterocycles. The first-order chi connectivity index (χ1) is 10.5. The third-order valence-corrected chi connectivity index (χ3v) is 3.24. The second-order valence-electron chi connectivity index (χ2n) is 5.36. The summed E-state index contributed by atoms with van der Waals surface area (Å²) in [6.07, 6.45) is 1.53. The Morgan fingerprint density at radius 3 is 2.45 bits per heavy atom. The van der Waals surface area contributed by atoms with Crippen LogP contribution in [0.15, 0.2) is 43.0 Å². The highest BCUT2D eigenvalue weighted by Crippen LogP contribution is 2.24. The molecule has 2 unspecified atom stereocenters. The number of amides is 1.